The average Bonchev–Trinajstić information content (AvgIpc) is 2.36. The van der Waals surface area contributed by atoms with E-state index in [9.17, 15) is 8.78 Å². The van der Waals surface area contributed by atoms with Gasteiger partial charge in [-0.1, -0.05) is 11.6 Å². The van der Waals surface area contributed by atoms with Crippen LogP contribution in [0.2, 0.25) is 5.02 Å². The molecule has 0 spiro atoms. The summed E-state index contributed by atoms with van der Waals surface area (Å²) in [6.07, 6.45) is 0. The molecule has 2 aromatic rings. The number of rotatable bonds is 4. The molecule has 0 bridgehead atoms. The van der Waals surface area contributed by atoms with Gasteiger partial charge in [0.05, 0.1) is 0 Å². The third kappa shape index (κ3) is 3.26. The minimum absolute atomic E-state index is 0.369. The van der Waals surface area contributed by atoms with Crippen LogP contribution >= 0.6 is 11.6 Å². The van der Waals surface area contributed by atoms with Gasteiger partial charge in [-0.25, -0.2) is 8.78 Å². The summed E-state index contributed by atoms with van der Waals surface area (Å²) < 4.78 is 33.2. The average molecular weight is 298 g/mol. The van der Waals surface area contributed by atoms with Gasteiger partial charge in [-0.3, -0.25) is 0 Å². The number of hydrogen-bond acceptors (Lipinski definition) is 2. The fourth-order valence-corrected chi connectivity index (χ4v) is 2.08. The molecule has 0 aromatic heterocycles. The summed E-state index contributed by atoms with van der Waals surface area (Å²) >= 11 is 5.83. The van der Waals surface area contributed by atoms with E-state index in [-0.39, 0.29) is 0 Å². The predicted molar refractivity (Wildman–Crippen MR) is 75.4 cm³/mol. The second-order valence-corrected chi connectivity index (χ2v) is 4.87. The van der Waals surface area contributed by atoms with Crippen LogP contribution in [0.1, 0.15) is 11.1 Å². The first-order chi connectivity index (χ1) is 9.51. The van der Waals surface area contributed by atoms with Crippen molar-refractivity contribution >= 4 is 11.6 Å². The normalized spacial score (nSPS) is 10.7. The van der Waals surface area contributed by atoms with Gasteiger partial charge in [0.25, 0.3) is 0 Å². The van der Waals surface area contributed by atoms with Crippen LogP contribution in [0.25, 0.3) is 0 Å². The number of hydrogen-bond donors (Lipinski definition) is 1. The molecule has 2 rings (SSSR count). The molecule has 106 valence electrons. The van der Waals surface area contributed by atoms with Gasteiger partial charge >= 0.3 is 0 Å². The summed E-state index contributed by atoms with van der Waals surface area (Å²) in [5.41, 5.74) is 1.22. The molecule has 1 N–H and O–H groups in total. The number of aryl methyl sites for hydroxylation is 1. The van der Waals surface area contributed by atoms with E-state index < -0.39 is 17.4 Å². The van der Waals surface area contributed by atoms with Gasteiger partial charge in [-0.15, -0.1) is 0 Å². The number of nitrogens with one attached hydrogen (secondary N) is 1. The zero-order valence-corrected chi connectivity index (χ0v) is 11.9. The van der Waals surface area contributed by atoms with Crippen molar-refractivity contribution in [2.24, 2.45) is 0 Å². The quantitative estimate of drug-likeness (QED) is 0.901. The zero-order valence-electron chi connectivity index (χ0n) is 11.1. The predicted octanol–water partition coefficient (Wildman–Crippen LogP) is 4.44. The van der Waals surface area contributed by atoms with Crippen LogP contribution in [0.3, 0.4) is 0 Å². The van der Waals surface area contributed by atoms with Crippen molar-refractivity contribution in [3.05, 3.63) is 58.1 Å². The van der Waals surface area contributed by atoms with Gasteiger partial charge in [-0.2, -0.15) is 0 Å². The largest absolute Gasteiger partial charge is 0.451 e. The highest BCUT2D eigenvalue weighted by molar-refractivity contribution is 6.30. The van der Waals surface area contributed by atoms with Crippen LogP contribution in [-0.4, -0.2) is 7.05 Å². The third-order valence-corrected chi connectivity index (χ3v) is 3.02. The Labute approximate surface area is 121 Å². The zero-order chi connectivity index (χ0) is 14.7. The second kappa shape index (κ2) is 6.20. The topological polar surface area (TPSA) is 21.3 Å². The Hall–Kier alpha value is -1.65. The van der Waals surface area contributed by atoms with Crippen molar-refractivity contribution in [3.8, 4) is 11.5 Å². The number of benzene rings is 2. The van der Waals surface area contributed by atoms with Gasteiger partial charge in [0, 0.05) is 11.6 Å². The Kier molecular flexibility index (Phi) is 4.57. The van der Waals surface area contributed by atoms with Gasteiger partial charge in [-0.05, 0) is 55.4 Å². The summed E-state index contributed by atoms with van der Waals surface area (Å²) in [5, 5.41) is 3.38. The van der Waals surface area contributed by atoms with E-state index in [0.717, 1.165) is 0 Å². The lowest BCUT2D eigenvalue weighted by Crippen LogP contribution is -2.06. The number of ether oxygens (including phenoxy) is 1. The lowest BCUT2D eigenvalue weighted by atomic mass is 10.2. The molecular weight excluding hydrogens is 284 g/mol. The molecule has 20 heavy (non-hydrogen) atoms. The first-order valence-corrected chi connectivity index (χ1v) is 6.45. The van der Waals surface area contributed by atoms with Crippen LogP contribution in [-0.2, 0) is 6.54 Å². The van der Waals surface area contributed by atoms with Crippen molar-refractivity contribution < 1.29 is 13.5 Å². The fraction of sp³-hybridized carbons (Fsp3) is 0.200. The Morgan fingerprint density at radius 3 is 2.35 bits per heavy atom. The molecule has 2 aromatic carbocycles. The van der Waals surface area contributed by atoms with E-state index in [0.29, 0.717) is 28.4 Å². The van der Waals surface area contributed by atoms with Crippen LogP contribution in [0.5, 0.6) is 11.5 Å². The fourth-order valence-electron chi connectivity index (χ4n) is 1.85. The smallest absolute Gasteiger partial charge is 0.198 e. The number of halogens is 3. The van der Waals surface area contributed by atoms with E-state index in [4.69, 9.17) is 16.3 Å². The molecule has 0 saturated heterocycles. The molecular formula is C15H14ClF2NO. The molecule has 0 heterocycles. The Bertz CT molecular complexity index is 608. The molecule has 0 radical (unpaired) electrons. The van der Waals surface area contributed by atoms with E-state index in [2.05, 4.69) is 5.32 Å². The highest BCUT2D eigenvalue weighted by Gasteiger charge is 2.14. The maximum atomic E-state index is 13.9. The van der Waals surface area contributed by atoms with Crippen molar-refractivity contribution in [1.82, 2.24) is 5.32 Å². The summed E-state index contributed by atoms with van der Waals surface area (Å²) in [6, 6.07) is 7.36. The van der Waals surface area contributed by atoms with Crippen molar-refractivity contribution in [2.75, 3.05) is 7.05 Å². The molecule has 0 amide bonds. The van der Waals surface area contributed by atoms with Gasteiger partial charge in [0.1, 0.15) is 5.75 Å². The highest BCUT2D eigenvalue weighted by atomic mass is 35.5. The summed E-state index contributed by atoms with van der Waals surface area (Å²) in [4.78, 5) is 0. The first-order valence-electron chi connectivity index (χ1n) is 6.08. The Balaban J connectivity index is 2.33. The molecule has 0 saturated carbocycles. The van der Waals surface area contributed by atoms with Crippen LogP contribution in [0, 0.1) is 18.6 Å². The minimum Gasteiger partial charge on any atom is -0.451 e. The standard InChI is InChI=1S/C15H14ClF2NO/c1-9-5-11(16)3-4-14(9)20-15-12(17)6-10(8-19-2)7-13(15)18/h3-7,19H,8H2,1-2H3. The molecule has 0 aliphatic carbocycles. The molecule has 2 nitrogen and oxygen atoms in total. The van der Waals surface area contributed by atoms with E-state index in [1.807, 2.05) is 0 Å². The second-order valence-electron chi connectivity index (χ2n) is 4.43. The van der Waals surface area contributed by atoms with Crippen LogP contribution in [0.15, 0.2) is 30.3 Å². The van der Waals surface area contributed by atoms with Crippen LogP contribution in [0.4, 0.5) is 8.78 Å². The maximum Gasteiger partial charge on any atom is 0.198 e. The monoisotopic (exact) mass is 297 g/mol. The lowest BCUT2D eigenvalue weighted by Gasteiger charge is -2.12. The highest BCUT2D eigenvalue weighted by Crippen LogP contribution is 2.31. The molecule has 5 heteroatoms. The van der Waals surface area contributed by atoms with Gasteiger partial charge in [0.2, 0.25) is 0 Å². The molecule has 0 fully saturated rings. The molecule has 0 aliphatic rings. The SMILES string of the molecule is CNCc1cc(F)c(Oc2ccc(Cl)cc2C)c(F)c1. The van der Waals surface area contributed by atoms with Crippen molar-refractivity contribution in [1.29, 1.82) is 0 Å². The third-order valence-electron chi connectivity index (χ3n) is 2.79. The minimum atomic E-state index is -0.732. The molecule has 0 atom stereocenters. The van der Waals surface area contributed by atoms with Gasteiger partial charge < -0.3 is 10.1 Å². The lowest BCUT2D eigenvalue weighted by molar-refractivity contribution is 0.404. The van der Waals surface area contributed by atoms with Crippen molar-refractivity contribution in [2.45, 2.75) is 13.5 Å². The summed E-state index contributed by atoms with van der Waals surface area (Å²) in [7, 11) is 1.71. The Morgan fingerprint density at radius 2 is 1.80 bits per heavy atom. The van der Waals surface area contributed by atoms with E-state index >= 15 is 0 Å². The maximum absolute atomic E-state index is 13.9. The molecule has 0 unspecified atom stereocenters. The van der Waals surface area contributed by atoms with Crippen molar-refractivity contribution in [3.63, 3.8) is 0 Å². The first kappa shape index (κ1) is 14.8. The van der Waals surface area contributed by atoms with Gasteiger partial charge in [0.15, 0.2) is 17.4 Å². The van der Waals surface area contributed by atoms with E-state index in [1.165, 1.54) is 12.1 Å². The Morgan fingerprint density at radius 1 is 1.15 bits per heavy atom. The van der Waals surface area contributed by atoms with E-state index in [1.54, 1.807) is 32.2 Å². The molecule has 0 aliphatic heterocycles. The summed E-state index contributed by atoms with van der Waals surface area (Å²) in [6.45, 7) is 2.14. The van der Waals surface area contributed by atoms with Crippen LogP contribution < -0.4 is 10.1 Å². The summed E-state index contributed by atoms with van der Waals surface area (Å²) in [5.74, 6) is -1.50.